The third-order valence-electron chi connectivity index (χ3n) is 11.0. The molecule has 0 radical (unpaired) electrons. The van der Waals surface area contributed by atoms with Crippen molar-refractivity contribution in [2.75, 3.05) is 6.61 Å². The second kappa shape index (κ2) is 20.7. The Labute approximate surface area is 368 Å². The van der Waals surface area contributed by atoms with Crippen LogP contribution in [0.1, 0.15) is 53.7 Å². The first kappa shape index (κ1) is 44.0. The monoisotopic (exact) mass is 856 g/mol. The first-order chi connectivity index (χ1) is 30.7. The molecule has 7 aromatic carbocycles. The third kappa shape index (κ3) is 10.4. The van der Waals surface area contributed by atoms with E-state index in [0.29, 0.717) is 32.8 Å². The van der Waals surface area contributed by atoms with Crippen LogP contribution >= 0.6 is 7.14 Å². The van der Waals surface area contributed by atoms with E-state index < -0.39 is 43.3 Å². The summed E-state index contributed by atoms with van der Waals surface area (Å²) in [6, 6.07) is 60.4. The first-order valence-electron chi connectivity index (χ1n) is 20.8. The number of rotatable bonds is 18. The highest BCUT2D eigenvalue weighted by atomic mass is 31.2. The van der Waals surface area contributed by atoms with Crippen LogP contribution in [0.5, 0.6) is 5.75 Å². The highest BCUT2D eigenvalue weighted by Crippen LogP contribution is 2.42. The Balaban J connectivity index is 1.12. The SMILES string of the molecule is CC(OC(=O)[C@@H](CCC(=O)NC(c1ccccc1)(c1ccccc1)c1ccccc1)NC(=O)COc1ccc(CO)cc1)c1ccc(P(=O)(c2ccccc2)c2ccccc2)cc1. The fraction of sp³-hybridized carbons (Fsp3) is 0.151. The highest BCUT2D eigenvalue weighted by Gasteiger charge is 2.38. The molecule has 7 aromatic rings. The van der Waals surface area contributed by atoms with E-state index in [1.165, 1.54) is 0 Å². The maximum atomic E-state index is 14.9. The molecule has 0 aliphatic heterocycles. The van der Waals surface area contributed by atoms with Crippen LogP contribution in [0.4, 0.5) is 0 Å². The van der Waals surface area contributed by atoms with E-state index in [0.717, 1.165) is 16.7 Å². The molecule has 0 fully saturated rings. The van der Waals surface area contributed by atoms with Gasteiger partial charge in [-0.3, -0.25) is 9.59 Å². The average Bonchev–Trinajstić information content (AvgIpc) is 3.35. The molecule has 1 unspecified atom stereocenters. The quantitative estimate of drug-likeness (QED) is 0.0455. The van der Waals surface area contributed by atoms with Gasteiger partial charge in [-0.2, -0.15) is 0 Å². The van der Waals surface area contributed by atoms with E-state index in [2.05, 4.69) is 10.6 Å². The molecular weight excluding hydrogens is 808 g/mol. The number of amides is 2. The fourth-order valence-corrected chi connectivity index (χ4v) is 10.3. The van der Waals surface area contributed by atoms with Crippen molar-refractivity contribution in [3.8, 4) is 5.75 Å². The van der Waals surface area contributed by atoms with Crippen molar-refractivity contribution >= 4 is 40.8 Å². The van der Waals surface area contributed by atoms with Gasteiger partial charge in [-0.05, 0) is 53.3 Å². The Morgan fingerprint density at radius 3 is 1.49 bits per heavy atom. The minimum Gasteiger partial charge on any atom is -0.484 e. The number of ether oxygens (including phenoxy) is 2. The number of nitrogens with one attached hydrogen (secondary N) is 2. The number of aliphatic hydroxyl groups is 1. The van der Waals surface area contributed by atoms with E-state index in [1.807, 2.05) is 152 Å². The van der Waals surface area contributed by atoms with Gasteiger partial charge in [0.25, 0.3) is 5.91 Å². The summed E-state index contributed by atoms with van der Waals surface area (Å²) < 4.78 is 26.6. The number of benzene rings is 7. The molecule has 0 bridgehead atoms. The lowest BCUT2D eigenvalue weighted by atomic mass is 9.77. The van der Waals surface area contributed by atoms with Gasteiger partial charge in [0, 0.05) is 22.3 Å². The molecular formula is C53H49N2O7P. The van der Waals surface area contributed by atoms with Gasteiger partial charge in [-0.25, -0.2) is 4.79 Å². The molecule has 2 amide bonds. The second-order valence-corrected chi connectivity index (χ2v) is 17.9. The molecule has 3 N–H and O–H groups in total. The maximum absolute atomic E-state index is 14.9. The normalized spacial score (nSPS) is 12.3. The zero-order valence-corrected chi connectivity index (χ0v) is 35.8. The minimum atomic E-state index is -3.23. The van der Waals surface area contributed by atoms with Crippen LogP contribution in [0.25, 0.3) is 0 Å². The molecule has 63 heavy (non-hydrogen) atoms. The maximum Gasteiger partial charge on any atom is 0.329 e. The van der Waals surface area contributed by atoms with Crippen molar-refractivity contribution < 1.29 is 33.5 Å². The largest absolute Gasteiger partial charge is 0.484 e. The van der Waals surface area contributed by atoms with Crippen LogP contribution in [-0.4, -0.2) is 35.5 Å². The van der Waals surface area contributed by atoms with Crippen molar-refractivity contribution in [2.45, 2.75) is 44.1 Å². The van der Waals surface area contributed by atoms with E-state index in [1.54, 1.807) is 55.5 Å². The molecule has 0 heterocycles. The van der Waals surface area contributed by atoms with Crippen molar-refractivity contribution in [3.05, 3.63) is 228 Å². The van der Waals surface area contributed by atoms with Crippen LogP contribution < -0.4 is 31.3 Å². The summed E-state index contributed by atoms with van der Waals surface area (Å²) in [6.45, 7) is 1.18. The molecule has 10 heteroatoms. The summed E-state index contributed by atoms with van der Waals surface area (Å²) in [6.07, 6.45) is -0.996. The zero-order chi connectivity index (χ0) is 44.1. The topological polar surface area (TPSA) is 131 Å². The molecule has 0 aromatic heterocycles. The first-order valence-corrected chi connectivity index (χ1v) is 22.5. The lowest BCUT2D eigenvalue weighted by Crippen LogP contribution is -2.49. The Hall–Kier alpha value is -7.06. The summed E-state index contributed by atoms with van der Waals surface area (Å²) in [7, 11) is -3.23. The summed E-state index contributed by atoms with van der Waals surface area (Å²) in [5, 5.41) is 17.5. The van der Waals surface area contributed by atoms with Crippen LogP contribution in [0.2, 0.25) is 0 Å². The Bertz CT molecular complexity index is 2470. The molecule has 0 saturated heterocycles. The molecule has 0 spiro atoms. The number of aliphatic hydroxyl groups excluding tert-OH is 1. The van der Waals surface area contributed by atoms with E-state index in [-0.39, 0.29) is 25.4 Å². The van der Waals surface area contributed by atoms with Crippen LogP contribution in [-0.2, 0) is 35.8 Å². The van der Waals surface area contributed by atoms with E-state index in [4.69, 9.17) is 9.47 Å². The van der Waals surface area contributed by atoms with Gasteiger partial charge in [0.15, 0.2) is 13.7 Å². The molecule has 0 saturated carbocycles. The molecule has 9 nitrogen and oxygen atoms in total. The van der Waals surface area contributed by atoms with Crippen molar-refractivity contribution in [1.82, 2.24) is 10.6 Å². The zero-order valence-electron chi connectivity index (χ0n) is 34.9. The Kier molecular flexibility index (Phi) is 14.4. The van der Waals surface area contributed by atoms with Crippen molar-refractivity contribution in [3.63, 3.8) is 0 Å². The van der Waals surface area contributed by atoms with E-state index in [9.17, 15) is 24.1 Å². The fourth-order valence-electron chi connectivity index (χ4n) is 7.66. The second-order valence-electron chi connectivity index (χ2n) is 15.1. The average molecular weight is 857 g/mol. The molecule has 0 aliphatic carbocycles. The molecule has 0 aliphatic rings. The summed E-state index contributed by atoms with van der Waals surface area (Å²) >= 11 is 0. The summed E-state index contributed by atoms with van der Waals surface area (Å²) in [5.41, 5.74) is 2.78. The number of carbonyl (C=O) groups excluding carboxylic acids is 3. The lowest BCUT2D eigenvalue weighted by Gasteiger charge is -2.37. The number of hydrogen-bond acceptors (Lipinski definition) is 7. The Morgan fingerprint density at radius 2 is 1.03 bits per heavy atom. The van der Waals surface area contributed by atoms with Crippen molar-refractivity contribution in [1.29, 1.82) is 0 Å². The van der Waals surface area contributed by atoms with Gasteiger partial charge in [0.05, 0.1) is 6.61 Å². The van der Waals surface area contributed by atoms with Crippen LogP contribution in [0.3, 0.4) is 0 Å². The lowest BCUT2D eigenvalue weighted by molar-refractivity contribution is -0.153. The predicted molar refractivity (Wildman–Crippen MR) is 247 cm³/mol. The minimum absolute atomic E-state index is 0.0843. The van der Waals surface area contributed by atoms with Gasteiger partial charge in [0.1, 0.15) is 23.4 Å². The third-order valence-corrected chi connectivity index (χ3v) is 14.0. The predicted octanol–water partition coefficient (Wildman–Crippen LogP) is 7.87. The number of hydrogen-bond donors (Lipinski definition) is 3. The van der Waals surface area contributed by atoms with Gasteiger partial charge < -0.3 is 29.8 Å². The number of esters is 1. The van der Waals surface area contributed by atoms with Gasteiger partial charge in [-0.15, -0.1) is 0 Å². The van der Waals surface area contributed by atoms with Crippen LogP contribution in [0.15, 0.2) is 200 Å². The van der Waals surface area contributed by atoms with Gasteiger partial charge in [0.2, 0.25) is 5.91 Å². The molecule has 318 valence electrons. The smallest absolute Gasteiger partial charge is 0.329 e. The van der Waals surface area contributed by atoms with Crippen molar-refractivity contribution in [2.24, 2.45) is 0 Å². The highest BCUT2D eigenvalue weighted by molar-refractivity contribution is 7.85. The molecule has 2 atom stereocenters. The van der Waals surface area contributed by atoms with E-state index >= 15 is 0 Å². The summed E-state index contributed by atoms with van der Waals surface area (Å²) in [5.74, 6) is -1.28. The van der Waals surface area contributed by atoms with Gasteiger partial charge >= 0.3 is 5.97 Å². The van der Waals surface area contributed by atoms with Gasteiger partial charge in [-0.1, -0.05) is 188 Å². The molecule has 7 rings (SSSR count). The summed E-state index contributed by atoms with van der Waals surface area (Å²) in [4.78, 5) is 41.8. The number of carbonyl (C=O) groups is 3. The van der Waals surface area contributed by atoms with Crippen LogP contribution in [0, 0.1) is 0 Å². The Morgan fingerprint density at radius 1 is 0.587 bits per heavy atom. The standard InChI is InChI=1S/C53H49N2O7P/c1-39(41-29-33-48(34-30-41)63(60,46-23-13-5-14-24-46)47-25-15-6-16-26-47)62-52(59)49(54-51(58)38-61-45-31-27-40(37-56)28-32-45)35-36-50(57)55-53(42-17-7-2-8-18-42,43-19-9-3-10-20-43)44-21-11-4-12-22-44/h2-34,39,49,56H,35-38H2,1H3,(H,54,58)(H,55,57)/t39?,49-/m1/s1.